The molecule has 1 aromatic carbocycles. The lowest BCUT2D eigenvalue weighted by Crippen LogP contribution is -2.55. The number of ether oxygens (including phenoxy) is 1. The van der Waals surface area contributed by atoms with Crippen molar-refractivity contribution in [3.63, 3.8) is 0 Å². The fourth-order valence-corrected chi connectivity index (χ4v) is 7.10. The van der Waals surface area contributed by atoms with Gasteiger partial charge in [-0.15, -0.1) is 0 Å². The fourth-order valence-electron chi connectivity index (χ4n) is 7.10. The number of hydrogen-bond acceptors (Lipinski definition) is 8. The van der Waals surface area contributed by atoms with E-state index in [-0.39, 0.29) is 18.4 Å². The highest BCUT2D eigenvalue weighted by molar-refractivity contribution is 5.90. The molecule has 9 nitrogen and oxygen atoms in total. The van der Waals surface area contributed by atoms with Crippen LogP contribution >= 0.6 is 0 Å². The topological polar surface area (TPSA) is 98.5 Å². The third-order valence-electron chi connectivity index (χ3n) is 9.42. The SMILES string of the molecule is C=CC(=O)N1CCN(c2nc(OC[C@@H]3CCCN3C)nc3cc(-c4cccc5c4[C@H]4C[C@H]4C5)cnc23)C[C@@H]1CC#N. The van der Waals surface area contributed by atoms with Crippen LogP contribution < -0.4 is 9.64 Å². The largest absolute Gasteiger partial charge is 0.462 e. The first-order chi connectivity index (χ1) is 20.0. The number of likely N-dealkylation sites (N-methyl/N-ethyl adjacent to an activating group) is 1. The summed E-state index contributed by atoms with van der Waals surface area (Å²) < 4.78 is 6.25. The molecule has 0 N–H and O–H groups in total. The van der Waals surface area contributed by atoms with Gasteiger partial charge in [-0.25, -0.2) is 0 Å². The number of nitriles is 1. The molecule has 0 spiro atoms. The van der Waals surface area contributed by atoms with Gasteiger partial charge in [0.05, 0.1) is 24.0 Å². The number of benzene rings is 1. The molecule has 4 heterocycles. The molecule has 0 radical (unpaired) electrons. The summed E-state index contributed by atoms with van der Waals surface area (Å²) in [4.78, 5) is 33.4. The third kappa shape index (κ3) is 4.70. The summed E-state index contributed by atoms with van der Waals surface area (Å²) in [5, 5.41) is 9.49. The molecule has 1 amide bonds. The summed E-state index contributed by atoms with van der Waals surface area (Å²) in [6.45, 7) is 6.76. The zero-order chi connectivity index (χ0) is 28.1. The molecule has 2 aliphatic heterocycles. The molecule has 0 bridgehead atoms. The first-order valence-electron chi connectivity index (χ1n) is 14.7. The van der Waals surface area contributed by atoms with Gasteiger partial charge in [0.15, 0.2) is 5.82 Å². The highest BCUT2D eigenvalue weighted by Gasteiger charge is 2.46. The molecule has 2 aliphatic carbocycles. The highest BCUT2D eigenvalue weighted by Crippen LogP contribution is 2.58. The van der Waals surface area contributed by atoms with Gasteiger partial charge in [0.25, 0.3) is 0 Å². The number of fused-ring (bicyclic) bond motifs is 4. The maximum atomic E-state index is 12.5. The predicted molar refractivity (Wildman–Crippen MR) is 157 cm³/mol. The van der Waals surface area contributed by atoms with Gasteiger partial charge in [0.2, 0.25) is 5.91 Å². The first kappa shape index (κ1) is 25.9. The number of likely N-dealkylation sites (tertiary alicyclic amines) is 1. The number of anilines is 1. The normalized spacial score (nSPS) is 25.1. The Morgan fingerprint density at radius 1 is 1.24 bits per heavy atom. The standard InChI is InChI=1S/C32H35N7O2/c1-3-28(40)39-13-12-38(18-23(39)9-10-33)31-30-27(35-32(36-31)41-19-24-7-5-11-37(24)2)16-22(17-34-30)25-8-4-6-20-14-21-15-26(21)29(20)25/h3-4,6,8,16-17,21,23-24,26H,1,5,7,9,11-15,18-19H2,2H3/t21-,23+,24+,26+/m1/s1. The quantitative estimate of drug-likeness (QED) is 0.409. The number of carbonyl (C=O) groups is 1. The van der Waals surface area contributed by atoms with Crippen molar-refractivity contribution in [3.05, 3.63) is 54.2 Å². The fraction of sp³-hybridized carbons (Fsp3) is 0.469. The van der Waals surface area contributed by atoms with E-state index in [1.54, 1.807) is 4.90 Å². The second kappa shape index (κ2) is 10.4. The van der Waals surface area contributed by atoms with E-state index in [1.807, 2.05) is 6.20 Å². The smallest absolute Gasteiger partial charge is 0.319 e. The Morgan fingerprint density at radius 3 is 2.95 bits per heavy atom. The lowest BCUT2D eigenvalue weighted by atomic mass is 9.95. The molecule has 2 saturated heterocycles. The zero-order valence-electron chi connectivity index (χ0n) is 23.5. The molecule has 2 aromatic heterocycles. The van der Waals surface area contributed by atoms with Crippen molar-refractivity contribution in [2.45, 2.75) is 50.1 Å². The van der Waals surface area contributed by atoms with Crippen LogP contribution in [0.5, 0.6) is 6.01 Å². The van der Waals surface area contributed by atoms with Crippen molar-refractivity contribution < 1.29 is 9.53 Å². The number of carbonyl (C=O) groups excluding carboxylic acids is 1. The van der Waals surface area contributed by atoms with Gasteiger partial charge in [-0.05, 0) is 79.9 Å². The Labute approximate surface area is 240 Å². The summed E-state index contributed by atoms with van der Waals surface area (Å²) in [6.07, 6.45) is 8.22. The van der Waals surface area contributed by atoms with Crippen LogP contribution in [0.25, 0.3) is 22.2 Å². The number of pyridine rings is 1. The molecular weight excluding hydrogens is 514 g/mol. The summed E-state index contributed by atoms with van der Waals surface area (Å²) in [6, 6.07) is 11.4. The van der Waals surface area contributed by atoms with Gasteiger partial charge in [-0.3, -0.25) is 9.78 Å². The molecule has 9 heteroatoms. The molecular formula is C32H35N7O2. The minimum absolute atomic E-state index is 0.154. The first-order valence-corrected chi connectivity index (χ1v) is 14.7. The van der Waals surface area contributed by atoms with Crippen LogP contribution in [-0.4, -0.2) is 82.6 Å². The second-order valence-electron chi connectivity index (χ2n) is 11.9. The van der Waals surface area contributed by atoms with Crippen LogP contribution in [0.3, 0.4) is 0 Å². The third-order valence-corrected chi connectivity index (χ3v) is 9.42. The maximum absolute atomic E-state index is 12.5. The highest BCUT2D eigenvalue weighted by atomic mass is 16.5. The van der Waals surface area contributed by atoms with Crippen molar-refractivity contribution in [2.24, 2.45) is 5.92 Å². The van der Waals surface area contributed by atoms with Crippen molar-refractivity contribution in [1.29, 1.82) is 5.26 Å². The number of piperazine rings is 1. The van der Waals surface area contributed by atoms with E-state index >= 15 is 0 Å². The lowest BCUT2D eigenvalue weighted by Gasteiger charge is -2.40. The minimum atomic E-state index is -0.265. The average Bonchev–Trinajstić information content (AvgIpc) is 3.47. The van der Waals surface area contributed by atoms with Crippen molar-refractivity contribution >= 4 is 22.8 Å². The molecule has 7 rings (SSSR count). The van der Waals surface area contributed by atoms with Gasteiger partial charge in [0.1, 0.15) is 12.1 Å². The lowest BCUT2D eigenvalue weighted by molar-refractivity contribution is -0.128. The van der Waals surface area contributed by atoms with Gasteiger partial charge in [-0.1, -0.05) is 24.8 Å². The molecule has 0 unspecified atom stereocenters. The summed E-state index contributed by atoms with van der Waals surface area (Å²) >= 11 is 0. The molecule has 1 saturated carbocycles. The Balaban J connectivity index is 1.26. The molecule has 210 valence electrons. The van der Waals surface area contributed by atoms with E-state index in [1.165, 1.54) is 42.0 Å². The predicted octanol–water partition coefficient (Wildman–Crippen LogP) is 3.94. The van der Waals surface area contributed by atoms with E-state index in [0.29, 0.717) is 55.5 Å². The monoisotopic (exact) mass is 549 g/mol. The summed E-state index contributed by atoms with van der Waals surface area (Å²) in [7, 11) is 2.13. The Hall–Kier alpha value is -4.03. The number of aromatic nitrogens is 3. The van der Waals surface area contributed by atoms with Crippen molar-refractivity contribution in [1.82, 2.24) is 24.8 Å². The average molecular weight is 550 g/mol. The van der Waals surface area contributed by atoms with Crippen LogP contribution in [0.2, 0.25) is 0 Å². The second-order valence-corrected chi connectivity index (χ2v) is 11.9. The van der Waals surface area contributed by atoms with Gasteiger partial charge in [-0.2, -0.15) is 15.2 Å². The van der Waals surface area contributed by atoms with E-state index < -0.39 is 0 Å². The molecule has 4 aliphatic rings. The van der Waals surface area contributed by atoms with Crippen LogP contribution in [0.4, 0.5) is 5.82 Å². The Kier molecular flexibility index (Phi) is 6.58. The van der Waals surface area contributed by atoms with E-state index in [9.17, 15) is 10.1 Å². The number of amides is 1. The Bertz CT molecular complexity index is 1570. The minimum Gasteiger partial charge on any atom is -0.462 e. The number of nitrogens with zero attached hydrogens (tertiary/aromatic N) is 7. The van der Waals surface area contributed by atoms with Gasteiger partial charge in [0, 0.05) is 37.4 Å². The van der Waals surface area contributed by atoms with E-state index in [2.05, 4.69) is 53.8 Å². The van der Waals surface area contributed by atoms with Crippen molar-refractivity contribution in [2.75, 3.05) is 44.7 Å². The number of hydrogen-bond donors (Lipinski definition) is 0. The molecule has 4 atom stereocenters. The molecule has 41 heavy (non-hydrogen) atoms. The zero-order valence-corrected chi connectivity index (χ0v) is 23.5. The maximum Gasteiger partial charge on any atom is 0.319 e. The van der Waals surface area contributed by atoms with Gasteiger partial charge >= 0.3 is 6.01 Å². The van der Waals surface area contributed by atoms with Crippen LogP contribution in [0.15, 0.2) is 43.1 Å². The van der Waals surface area contributed by atoms with Gasteiger partial charge < -0.3 is 19.4 Å². The van der Waals surface area contributed by atoms with E-state index in [4.69, 9.17) is 19.7 Å². The summed E-state index contributed by atoms with van der Waals surface area (Å²) in [5.74, 6) is 2.01. The Morgan fingerprint density at radius 2 is 2.15 bits per heavy atom. The summed E-state index contributed by atoms with van der Waals surface area (Å²) in [5.41, 5.74) is 6.71. The van der Waals surface area contributed by atoms with Crippen LogP contribution in [-0.2, 0) is 11.2 Å². The molecule has 3 aromatic rings. The van der Waals surface area contributed by atoms with Crippen LogP contribution in [0, 0.1) is 17.2 Å². The number of rotatable bonds is 7. The van der Waals surface area contributed by atoms with Crippen LogP contribution in [0.1, 0.15) is 42.7 Å². The molecule has 3 fully saturated rings. The van der Waals surface area contributed by atoms with Crippen molar-refractivity contribution in [3.8, 4) is 23.2 Å². The van der Waals surface area contributed by atoms with E-state index in [0.717, 1.165) is 30.0 Å².